The summed E-state index contributed by atoms with van der Waals surface area (Å²) in [7, 11) is 0. The van der Waals surface area contributed by atoms with Crippen molar-refractivity contribution in [2.24, 2.45) is 0 Å². The zero-order valence-electron chi connectivity index (χ0n) is 6.53. The van der Waals surface area contributed by atoms with Crippen LogP contribution in [0.25, 0.3) is 0 Å². The molecule has 0 radical (unpaired) electrons. The van der Waals surface area contributed by atoms with Gasteiger partial charge in [0.05, 0.1) is 10.0 Å². The van der Waals surface area contributed by atoms with Crippen LogP contribution in [-0.4, -0.2) is 6.29 Å². The number of alkyl halides is 3. The molecule has 0 saturated heterocycles. The molecular formula is C8H3BrF4O. The van der Waals surface area contributed by atoms with E-state index in [-0.39, 0.29) is 6.29 Å². The van der Waals surface area contributed by atoms with Gasteiger partial charge >= 0.3 is 6.18 Å². The molecule has 1 aromatic carbocycles. The summed E-state index contributed by atoms with van der Waals surface area (Å²) >= 11 is 2.45. The SMILES string of the molecule is O=Cc1ccc(F)c(Br)c1C(F)(F)F. The van der Waals surface area contributed by atoms with Crippen LogP contribution in [0, 0.1) is 5.82 Å². The Bertz CT molecular complexity index is 372. The Kier molecular flexibility index (Phi) is 2.94. The Morgan fingerprint density at radius 2 is 1.86 bits per heavy atom. The fourth-order valence-corrected chi connectivity index (χ4v) is 1.54. The van der Waals surface area contributed by atoms with Crippen molar-refractivity contribution < 1.29 is 22.4 Å². The Morgan fingerprint density at radius 1 is 1.29 bits per heavy atom. The van der Waals surface area contributed by atoms with Gasteiger partial charge in [0.15, 0.2) is 6.29 Å². The van der Waals surface area contributed by atoms with Crippen LogP contribution in [0.2, 0.25) is 0 Å². The van der Waals surface area contributed by atoms with E-state index in [0.29, 0.717) is 0 Å². The summed E-state index contributed by atoms with van der Waals surface area (Å²) in [5.74, 6) is -1.05. The van der Waals surface area contributed by atoms with Crippen molar-refractivity contribution in [1.82, 2.24) is 0 Å². The average molecular weight is 271 g/mol. The molecule has 0 amide bonds. The topological polar surface area (TPSA) is 17.1 Å². The van der Waals surface area contributed by atoms with Crippen molar-refractivity contribution in [3.05, 3.63) is 33.5 Å². The molecule has 0 aliphatic carbocycles. The van der Waals surface area contributed by atoms with Crippen LogP contribution >= 0.6 is 15.9 Å². The number of rotatable bonds is 1. The molecule has 0 fully saturated rings. The molecule has 0 saturated carbocycles. The van der Waals surface area contributed by atoms with Crippen molar-refractivity contribution >= 4 is 22.2 Å². The van der Waals surface area contributed by atoms with Gasteiger partial charge in [-0.25, -0.2) is 4.39 Å². The maximum atomic E-state index is 12.8. The first-order chi connectivity index (χ1) is 6.38. The number of hydrogen-bond donors (Lipinski definition) is 0. The highest BCUT2D eigenvalue weighted by molar-refractivity contribution is 9.10. The Balaban J connectivity index is 3.51. The summed E-state index contributed by atoms with van der Waals surface area (Å²) in [4.78, 5) is 10.3. The minimum atomic E-state index is -4.75. The zero-order valence-corrected chi connectivity index (χ0v) is 8.12. The molecule has 76 valence electrons. The zero-order chi connectivity index (χ0) is 10.9. The Morgan fingerprint density at radius 3 is 2.29 bits per heavy atom. The van der Waals surface area contributed by atoms with E-state index < -0.39 is 27.6 Å². The summed E-state index contributed by atoms with van der Waals surface area (Å²) in [6.07, 6.45) is -4.72. The number of carbonyl (C=O) groups is 1. The van der Waals surface area contributed by atoms with Gasteiger partial charge in [-0.2, -0.15) is 13.2 Å². The molecule has 0 N–H and O–H groups in total. The van der Waals surface area contributed by atoms with Crippen LogP contribution in [0.5, 0.6) is 0 Å². The summed E-state index contributed by atoms with van der Waals surface area (Å²) < 4.78 is 49.0. The molecule has 0 spiro atoms. The quantitative estimate of drug-likeness (QED) is 0.565. The highest BCUT2D eigenvalue weighted by Crippen LogP contribution is 2.37. The number of halogens is 5. The summed E-state index contributed by atoms with van der Waals surface area (Å²) in [6, 6.07) is 1.58. The molecular weight excluding hydrogens is 268 g/mol. The predicted octanol–water partition coefficient (Wildman–Crippen LogP) is 3.42. The van der Waals surface area contributed by atoms with E-state index in [1.165, 1.54) is 0 Å². The average Bonchev–Trinajstić information content (AvgIpc) is 2.07. The largest absolute Gasteiger partial charge is 0.418 e. The van der Waals surface area contributed by atoms with Gasteiger partial charge in [0.25, 0.3) is 0 Å². The first-order valence-electron chi connectivity index (χ1n) is 3.38. The molecule has 1 aromatic rings. The standard InChI is InChI=1S/C8H3BrF4O/c9-7-5(10)2-1-4(3-14)6(7)8(11,12)13/h1-3H. The van der Waals surface area contributed by atoms with E-state index in [9.17, 15) is 22.4 Å². The fraction of sp³-hybridized carbons (Fsp3) is 0.125. The molecule has 0 heterocycles. The van der Waals surface area contributed by atoms with Gasteiger partial charge in [-0.1, -0.05) is 0 Å². The first-order valence-corrected chi connectivity index (χ1v) is 4.17. The van der Waals surface area contributed by atoms with Crippen molar-refractivity contribution in [2.75, 3.05) is 0 Å². The molecule has 0 aliphatic heterocycles. The number of aldehydes is 1. The summed E-state index contributed by atoms with van der Waals surface area (Å²) in [6.45, 7) is 0. The van der Waals surface area contributed by atoms with Gasteiger partial charge in [0, 0.05) is 5.56 Å². The summed E-state index contributed by atoms with van der Waals surface area (Å²) in [5.41, 5.74) is -1.88. The first kappa shape index (κ1) is 11.2. The molecule has 1 rings (SSSR count). The number of benzene rings is 1. The third kappa shape index (κ3) is 1.95. The van der Waals surface area contributed by atoms with Crippen molar-refractivity contribution in [1.29, 1.82) is 0 Å². The van der Waals surface area contributed by atoms with Gasteiger partial charge in [-0.3, -0.25) is 4.79 Å². The predicted molar refractivity (Wildman–Crippen MR) is 44.5 cm³/mol. The normalized spacial score (nSPS) is 11.5. The number of hydrogen-bond acceptors (Lipinski definition) is 1. The lowest BCUT2D eigenvalue weighted by molar-refractivity contribution is -0.138. The van der Waals surface area contributed by atoms with Crippen LogP contribution in [0.1, 0.15) is 15.9 Å². The monoisotopic (exact) mass is 270 g/mol. The smallest absolute Gasteiger partial charge is 0.298 e. The maximum absolute atomic E-state index is 12.8. The molecule has 1 nitrogen and oxygen atoms in total. The highest BCUT2D eigenvalue weighted by atomic mass is 79.9. The minimum Gasteiger partial charge on any atom is -0.298 e. The Hall–Kier alpha value is -0.910. The fourth-order valence-electron chi connectivity index (χ4n) is 0.952. The van der Waals surface area contributed by atoms with E-state index in [0.717, 1.165) is 12.1 Å². The van der Waals surface area contributed by atoms with Gasteiger partial charge in [0.1, 0.15) is 5.82 Å². The molecule has 6 heteroatoms. The lowest BCUT2D eigenvalue weighted by Gasteiger charge is -2.11. The number of carbonyl (C=O) groups excluding carboxylic acids is 1. The lowest BCUT2D eigenvalue weighted by atomic mass is 10.1. The highest BCUT2D eigenvalue weighted by Gasteiger charge is 2.36. The van der Waals surface area contributed by atoms with Crippen molar-refractivity contribution in [3.8, 4) is 0 Å². The van der Waals surface area contributed by atoms with E-state index in [2.05, 4.69) is 15.9 Å². The lowest BCUT2D eigenvalue weighted by Crippen LogP contribution is -2.11. The van der Waals surface area contributed by atoms with Crippen LogP contribution in [0.3, 0.4) is 0 Å². The molecule has 0 atom stereocenters. The van der Waals surface area contributed by atoms with E-state index in [1.807, 2.05) is 0 Å². The molecule has 14 heavy (non-hydrogen) atoms. The third-order valence-electron chi connectivity index (χ3n) is 1.54. The van der Waals surface area contributed by atoms with Crippen LogP contribution < -0.4 is 0 Å². The van der Waals surface area contributed by atoms with Crippen LogP contribution in [0.4, 0.5) is 17.6 Å². The molecule has 0 aromatic heterocycles. The Labute approximate surface area is 84.9 Å². The van der Waals surface area contributed by atoms with Crippen molar-refractivity contribution in [2.45, 2.75) is 6.18 Å². The third-order valence-corrected chi connectivity index (χ3v) is 2.31. The van der Waals surface area contributed by atoms with E-state index in [4.69, 9.17) is 0 Å². The maximum Gasteiger partial charge on any atom is 0.418 e. The van der Waals surface area contributed by atoms with Gasteiger partial charge in [-0.15, -0.1) is 0 Å². The van der Waals surface area contributed by atoms with Gasteiger partial charge < -0.3 is 0 Å². The van der Waals surface area contributed by atoms with E-state index >= 15 is 0 Å². The van der Waals surface area contributed by atoms with E-state index in [1.54, 1.807) is 0 Å². The molecule has 0 bridgehead atoms. The second-order valence-electron chi connectivity index (χ2n) is 2.44. The van der Waals surface area contributed by atoms with Crippen LogP contribution in [0.15, 0.2) is 16.6 Å². The van der Waals surface area contributed by atoms with Crippen LogP contribution in [-0.2, 0) is 6.18 Å². The second kappa shape index (κ2) is 3.68. The molecule has 0 aliphatic rings. The second-order valence-corrected chi connectivity index (χ2v) is 3.23. The summed E-state index contributed by atoms with van der Waals surface area (Å²) in [5, 5.41) is 0. The van der Waals surface area contributed by atoms with Gasteiger partial charge in [0.2, 0.25) is 0 Å². The van der Waals surface area contributed by atoms with Gasteiger partial charge in [-0.05, 0) is 28.1 Å². The van der Waals surface area contributed by atoms with Crippen molar-refractivity contribution in [3.63, 3.8) is 0 Å². The molecule has 0 unspecified atom stereocenters. The minimum absolute atomic E-state index is 0.0347.